The molecule has 4 heteroatoms. The van der Waals surface area contributed by atoms with Crippen LogP contribution >= 0.6 is 31.9 Å². The largest absolute Gasteiger partial charge is 0.460 e. The van der Waals surface area contributed by atoms with Crippen LogP contribution in [0.1, 0.15) is 13.3 Å². The lowest BCUT2D eigenvalue weighted by atomic mass is 10.5. The van der Waals surface area contributed by atoms with Gasteiger partial charge in [-0.25, -0.2) is 0 Å². The molecule has 0 spiro atoms. The minimum absolute atomic E-state index is 0.189. The Bertz CT molecular complexity index is 143. The van der Waals surface area contributed by atoms with Crippen LogP contribution in [0.5, 0.6) is 0 Å². The first-order chi connectivity index (χ1) is 4.70. The van der Waals surface area contributed by atoms with Gasteiger partial charge in [-0.2, -0.15) is 0 Å². The van der Waals surface area contributed by atoms with Crippen molar-refractivity contribution in [1.29, 1.82) is 0 Å². The van der Waals surface area contributed by atoms with Gasteiger partial charge >= 0.3 is 5.97 Å². The topological polar surface area (TPSA) is 26.3 Å². The van der Waals surface area contributed by atoms with Crippen molar-refractivity contribution in [2.75, 3.05) is 6.61 Å². The van der Waals surface area contributed by atoms with Crippen molar-refractivity contribution in [3.05, 3.63) is 9.47 Å². The van der Waals surface area contributed by atoms with Gasteiger partial charge in [0.15, 0.2) is 0 Å². The van der Waals surface area contributed by atoms with Crippen molar-refractivity contribution in [2.24, 2.45) is 0 Å². The van der Waals surface area contributed by atoms with E-state index in [0.29, 0.717) is 13.0 Å². The van der Waals surface area contributed by atoms with Gasteiger partial charge in [-0.3, -0.25) is 4.79 Å². The lowest BCUT2D eigenvalue weighted by molar-refractivity contribution is -0.142. The van der Waals surface area contributed by atoms with Gasteiger partial charge in [-0.15, -0.1) is 0 Å². The summed E-state index contributed by atoms with van der Waals surface area (Å²) in [5, 5.41) is 0. The van der Waals surface area contributed by atoms with Gasteiger partial charge in [-0.1, -0.05) is 38.8 Å². The van der Waals surface area contributed by atoms with E-state index in [1.54, 1.807) is 11.9 Å². The first-order valence-electron chi connectivity index (χ1n) is 2.81. The van der Waals surface area contributed by atoms with E-state index in [4.69, 9.17) is 4.74 Å². The van der Waals surface area contributed by atoms with Gasteiger partial charge in [0.2, 0.25) is 0 Å². The van der Waals surface area contributed by atoms with Gasteiger partial charge in [0.25, 0.3) is 0 Å². The molecule has 0 amide bonds. The van der Waals surface area contributed by atoms with Crippen LogP contribution in [0.25, 0.3) is 0 Å². The van der Waals surface area contributed by atoms with Crippen LogP contribution in [0.4, 0.5) is 0 Å². The molecular weight excluding hydrogens is 264 g/mol. The number of rotatable bonds is 3. The summed E-state index contributed by atoms with van der Waals surface area (Å²) >= 11 is 6.26. The van der Waals surface area contributed by atoms with Crippen LogP contribution in [-0.2, 0) is 9.53 Å². The third kappa shape index (κ3) is 4.99. The second kappa shape index (κ2) is 5.92. The molecule has 0 aromatic heterocycles. The summed E-state index contributed by atoms with van der Waals surface area (Å²) in [4.78, 5) is 12.2. The average molecular weight is 272 g/mol. The highest BCUT2D eigenvalue weighted by atomic mass is 79.9. The maximum atomic E-state index is 10.5. The number of esters is 1. The van der Waals surface area contributed by atoms with Crippen LogP contribution in [0.3, 0.4) is 0 Å². The average Bonchev–Trinajstić information content (AvgIpc) is 1.99. The number of carbonyl (C=O) groups is 1. The minimum atomic E-state index is -0.189. The number of ether oxygens (including phenoxy) is 1. The minimum Gasteiger partial charge on any atom is -0.460 e. The standard InChI is InChI=1S/C6H8Br2O2/c1-2-6(9)10-4-5(8)3-7/h3H,2,4H2,1H3. The zero-order chi connectivity index (χ0) is 7.98. The van der Waals surface area contributed by atoms with Crippen molar-refractivity contribution >= 4 is 37.8 Å². The van der Waals surface area contributed by atoms with Crippen molar-refractivity contribution in [3.8, 4) is 0 Å². The van der Waals surface area contributed by atoms with Crippen LogP contribution in [-0.4, -0.2) is 12.6 Å². The van der Waals surface area contributed by atoms with Crippen LogP contribution in [0.15, 0.2) is 9.47 Å². The molecule has 10 heavy (non-hydrogen) atoms. The predicted octanol–water partition coefficient (Wildman–Crippen LogP) is 2.57. The highest BCUT2D eigenvalue weighted by Gasteiger charge is 1.97. The fraction of sp³-hybridized carbons (Fsp3) is 0.500. The number of hydrogen-bond acceptors (Lipinski definition) is 2. The first kappa shape index (κ1) is 10.2. The summed E-state index contributed by atoms with van der Waals surface area (Å²) in [6.07, 6.45) is 0.419. The summed E-state index contributed by atoms with van der Waals surface area (Å²) in [6.45, 7) is 2.06. The number of carbonyl (C=O) groups excluding carboxylic acids is 1. The van der Waals surface area contributed by atoms with Crippen molar-refractivity contribution in [3.63, 3.8) is 0 Å². The van der Waals surface area contributed by atoms with Crippen molar-refractivity contribution in [1.82, 2.24) is 0 Å². The van der Waals surface area contributed by atoms with Gasteiger partial charge in [0, 0.05) is 10.9 Å². The lowest BCUT2D eigenvalue weighted by Gasteiger charge is -1.99. The van der Waals surface area contributed by atoms with Crippen LogP contribution in [0.2, 0.25) is 0 Å². The fourth-order valence-electron chi connectivity index (χ4n) is 0.283. The zero-order valence-electron chi connectivity index (χ0n) is 5.56. The Balaban J connectivity index is 3.45. The molecule has 0 radical (unpaired) electrons. The Morgan fingerprint density at radius 1 is 1.70 bits per heavy atom. The highest BCUT2D eigenvalue weighted by Crippen LogP contribution is 2.07. The summed E-state index contributed by atoms with van der Waals surface area (Å²) in [7, 11) is 0. The molecule has 2 nitrogen and oxygen atoms in total. The Hall–Kier alpha value is 0.170. The highest BCUT2D eigenvalue weighted by molar-refractivity contribution is 9.14. The smallest absolute Gasteiger partial charge is 0.305 e. The Morgan fingerprint density at radius 2 is 2.30 bits per heavy atom. The molecule has 0 aliphatic carbocycles. The van der Waals surface area contributed by atoms with E-state index in [1.807, 2.05) is 0 Å². The molecule has 0 atom stereocenters. The number of hydrogen-bond donors (Lipinski definition) is 0. The lowest BCUT2D eigenvalue weighted by Crippen LogP contribution is -2.03. The zero-order valence-corrected chi connectivity index (χ0v) is 8.74. The predicted molar refractivity (Wildman–Crippen MR) is 47.2 cm³/mol. The normalized spacial score (nSPS) is 11.3. The van der Waals surface area contributed by atoms with E-state index in [0.717, 1.165) is 4.48 Å². The summed E-state index contributed by atoms with van der Waals surface area (Å²) < 4.78 is 5.57. The van der Waals surface area contributed by atoms with Crippen molar-refractivity contribution in [2.45, 2.75) is 13.3 Å². The molecule has 0 saturated heterocycles. The van der Waals surface area contributed by atoms with Crippen molar-refractivity contribution < 1.29 is 9.53 Å². The molecule has 58 valence electrons. The Kier molecular flexibility index (Phi) is 6.02. The molecule has 0 aromatic carbocycles. The molecule has 0 aliphatic heterocycles. The van der Waals surface area contributed by atoms with Gasteiger partial charge in [0.1, 0.15) is 6.61 Å². The molecule has 0 aromatic rings. The maximum Gasteiger partial charge on any atom is 0.305 e. The molecular formula is C6H8Br2O2. The van der Waals surface area contributed by atoms with Gasteiger partial charge in [0.05, 0.1) is 0 Å². The molecule has 0 N–H and O–H groups in total. The molecule has 0 rings (SSSR count). The molecule has 0 bridgehead atoms. The van der Waals surface area contributed by atoms with E-state index in [9.17, 15) is 4.79 Å². The maximum absolute atomic E-state index is 10.5. The summed E-state index contributed by atoms with van der Waals surface area (Å²) in [5.74, 6) is -0.189. The monoisotopic (exact) mass is 270 g/mol. The molecule has 0 saturated carbocycles. The molecule has 0 aliphatic rings. The second-order valence-electron chi connectivity index (χ2n) is 1.57. The van der Waals surface area contributed by atoms with Crippen LogP contribution in [0, 0.1) is 0 Å². The van der Waals surface area contributed by atoms with Gasteiger partial charge < -0.3 is 4.74 Å². The quantitative estimate of drug-likeness (QED) is 0.738. The van der Waals surface area contributed by atoms with E-state index in [1.165, 1.54) is 0 Å². The first-order valence-corrected chi connectivity index (χ1v) is 4.52. The third-order valence-electron chi connectivity index (χ3n) is 0.778. The molecule has 0 unspecified atom stereocenters. The SMILES string of the molecule is CCC(=O)OCC(Br)=CBr. The van der Waals surface area contributed by atoms with Gasteiger partial charge in [-0.05, 0) is 4.99 Å². The Labute approximate surface area is 76.9 Å². The molecule has 0 heterocycles. The fourth-order valence-corrected chi connectivity index (χ4v) is 0.530. The second-order valence-corrected chi connectivity index (χ2v) is 3.05. The van der Waals surface area contributed by atoms with E-state index in [-0.39, 0.29) is 5.97 Å². The summed E-state index contributed by atoms with van der Waals surface area (Å²) in [6, 6.07) is 0. The summed E-state index contributed by atoms with van der Waals surface area (Å²) in [5.41, 5.74) is 0. The number of halogens is 2. The van der Waals surface area contributed by atoms with E-state index >= 15 is 0 Å². The third-order valence-corrected chi connectivity index (χ3v) is 2.40. The van der Waals surface area contributed by atoms with E-state index < -0.39 is 0 Å². The van der Waals surface area contributed by atoms with Crippen LogP contribution < -0.4 is 0 Å². The van der Waals surface area contributed by atoms with E-state index in [2.05, 4.69) is 31.9 Å². The Morgan fingerprint density at radius 3 is 2.70 bits per heavy atom. The molecule has 0 fully saturated rings.